The van der Waals surface area contributed by atoms with E-state index in [1.807, 2.05) is 6.92 Å². The summed E-state index contributed by atoms with van der Waals surface area (Å²) in [4.78, 5) is 21.8. The average molecular weight is 636 g/mol. The summed E-state index contributed by atoms with van der Waals surface area (Å²) in [6.45, 7) is 3.13. The maximum atomic E-state index is 14.3. The molecule has 3 N–H and O–H groups in total. The second-order valence-electron chi connectivity index (χ2n) is 10.6. The molecule has 3 heterocycles. The third-order valence-electron chi connectivity index (χ3n) is 7.70. The van der Waals surface area contributed by atoms with Crippen LogP contribution in [-0.4, -0.2) is 71.8 Å². The number of rotatable bonds is 9. The fourth-order valence-electron chi connectivity index (χ4n) is 5.21. The molecule has 0 saturated carbocycles. The number of halogens is 3. The van der Waals surface area contributed by atoms with E-state index in [1.54, 1.807) is 18.2 Å². The largest absolute Gasteiger partial charge is 0.394 e. The van der Waals surface area contributed by atoms with Gasteiger partial charge in [-0.2, -0.15) is 4.31 Å². The summed E-state index contributed by atoms with van der Waals surface area (Å²) in [7, 11) is -4.11. The number of alkyl halides is 1. The molecule has 0 bridgehead atoms. The number of nitrogens with one attached hydrogen (secondary N) is 2. The molecule has 3 aromatic rings. The Hall–Kier alpha value is -3.23. The van der Waals surface area contributed by atoms with Crippen molar-refractivity contribution < 1.29 is 31.8 Å². The van der Waals surface area contributed by atoms with Gasteiger partial charge in [-0.05, 0) is 54.7 Å². The Morgan fingerprint density at radius 1 is 1.28 bits per heavy atom. The van der Waals surface area contributed by atoms with Crippen LogP contribution in [0.4, 0.5) is 14.7 Å². The third-order valence-corrected chi connectivity index (χ3v) is 9.98. The van der Waals surface area contributed by atoms with Crippen molar-refractivity contribution in [2.24, 2.45) is 0 Å². The van der Waals surface area contributed by atoms with Crippen LogP contribution in [0, 0.1) is 5.82 Å². The van der Waals surface area contributed by atoms with E-state index in [9.17, 15) is 27.1 Å². The first kappa shape index (κ1) is 31.2. The summed E-state index contributed by atoms with van der Waals surface area (Å²) < 4.78 is 61.8. The lowest BCUT2D eigenvalue weighted by Gasteiger charge is -2.26. The number of hydrogen-bond acceptors (Lipinski definition) is 8. The Kier molecular flexibility index (Phi) is 9.28. The van der Waals surface area contributed by atoms with Gasteiger partial charge in [0, 0.05) is 18.7 Å². The number of benzene rings is 2. The lowest BCUT2D eigenvalue weighted by atomic mass is 10.0. The minimum atomic E-state index is -4.11. The van der Waals surface area contributed by atoms with Crippen LogP contribution in [0.25, 0.3) is 11.3 Å². The molecule has 1 saturated heterocycles. The van der Waals surface area contributed by atoms with Crippen LogP contribution in [0.5, 0.6) is 0 Å². The summed E-state index contributed by atoms with van der Waals surface area (Å²) in [6, 6.07) is 6.44. The van der Waals surface area contributed by atoms with Crippen LogP contribution in [0.3, 0.4) is 0 Å². The number of aliphatic hydroxyl groups is 1. The van der Waals surface area contributed by atoms with Crippen molar-refractivity contribution in [2.45, 2.75) is 62.4 Å². The van der Waals surface area contributed by atoms with E-state index < -0.39 is 52.7 Å². The van der Waals surface area contributed by atoms with Gasteiger partial charge in [0.1, 0.15) is 18.0 Å². The summed E-state index contributed by atoms with van der Waals surface area (Å²) in [6.07, 6.45) is 1.12. The minimum Gasteiger partial charge on any atom is -0.394 e. The molecule has 5 rings (SSSR count). The maximum absolute atomic E-state index is 14.3. The molecule has 0 radical (unpaired) electrons. The van der Waals surface area contributed by atoms with Gasteiger partial charge in [-0.15, -0.1) is 0 Å². The average Bonchev–Trinajstić information content (AvgIpc) is 3.26. The number of hydrogen-bond donors (Lipinski definition) is 3. The van der Waals surface area contributed by atoms with E-state index in [2.05, 4.69) is 20.6 Å². The molecule has 14 heteroatoms. The van der Waals surface area contributed by atoms with E-state index in [0.29, 0.717) is 41.7 Å². The highest BCUT2D eigenvalue weighted by atomic mass is 35.5. The second kappa shape index (κ2) is 12.8. The molecule has 43 heavy (non-hydrogen) atoms. The molecule has 0 aliphatic carbocycles. The number of nitrogens with zero attached hydrogens (tertiary/aromatic N) is 3. The number of aliphatic hydroxyl groups excluding tert-OH is 1. The molecule has 0 spiro atoms. The van der Waals surface area contributed by atoms with Gasteiger partial charge in [-0.3, -0.25) is 4.79 Å². The molecule has 1 aromatic heterocycles. The lowest BCUT2D eigenvalue weighted by molar-refractivity contribution is -0.125. The number of anilines is 1. The molecule has 230 valence electrons. The smallest absolute Gasteiger partial charge is 0.244 e. The zero-order valence-corrected chi connectivity index (χ0v) is 25.1. The fourth-order valence-corrected chi connectivity index (χ4v) is 7.22. The van der Waals surface area contributed by atoms with Crippen molar-refractivity contribution in [3.05, 3.63) is 70.1 Å². The number of amides is 1. The van der Waals surface area contributed by atoms with E-state index in [-0.39, 0.29) is 34.7 Å². The molecular formula is C29H32ClF2N5O5S. The van der Waals surface area contributed by atoms with Gasteiger partial charge in [0.2, 0.25) is 21.9 Å². The molecule has 2 aromatic carbocycles. The van der Waals surface area contributed by atoms with Crippen LogP contribution >= 0.6 is 11.6 Å². The topological polar surface area (TPSA) is 134 Å². The predicted octanol–water partition coefficient (Wildman–Crippen LogP) is 3.78. The number of carbonyl (C=O) groups excluding carboxylic acids is 1. The van der Waals surface area contributed by atoms with E-state index in [4.69, 9.17) is 16.3 Å². The highest BCUT2D eigenvalue weighted by molar-refractivity contribution is 7.89. The Morgan fingerprint density at radius 2 is 2.07 bits per heavy atom. The van der Waals surface area contributed by atoms with Crippen molar-refractivity contribution in [3.63, 3.8) is 0 Å². The van der Waals surface area contributed by atoms with Gasteiger partial charge >= 0.3 is 0 Å². The van der Waals surface area contributed by atoms with Crippen molar-refractivity contribution in [3.8, 4) is 11.3 Å². The third kappa shape index (κ3) is 6.50. The molecular weight excluding hydrogens is 604 g/mol. The highest BCUT2D eigenvalue weighted by Crippen LogP contribution is 2.36. The normalized spacial score (nSPS) is 21.2. The molecule has 4 atom stereocenters. The molecule has 2 aliphatic heterocycles. The first-order valence-electron chi connectivity index (χ1n) is 13.9. The Labute approximate surface area is 253 Å². The van der Waals surface area contributed by atoms with Crippen LogP contribution in [0.1, 0.15) is 43.0 Å². The number of aromatic nitrogens is 2. The quantitative estimate of drug-likeness (QED) is 0.324. The van der Waals surface area contributed by atoms with Gasteiger partial charge in [0.25, 0.3) is 0 Å². The summed E-state index contributed by atoms with van der Waals surface area (Å²) >= 11 is 6.38. The zero-order chi connectivity index (χ0) is 30.9. The fraction of sp³-hybridized carbons (Fsp3) is 0.414. The molecule has 1 amide bonds. The predicted molar refractivity (Wildman–Crippen MR) is 156 cm³/mol. The van der Waals surface area contributed by atoms with Gasteiger partial charge < -0.3 is 20.5 Å². The van der Waals surface area contributed by atoms with Gasteiger partial charge in [0.05, 0.1) is 47.1 Å². The Balaban J connectivity index is 1.35. The Morgan fingerprint density at radius 3 is 2.79 bits per heavy atom. The number of carbonyl (C=O) groups is 1. The van der Waals surface area contributed by atoms with E-state index in [0.717, 1.165) is 4.31 Å². The van der Waals surface area contributed by atoms with Crippen molar-refractivity contribution in [2.75, 3.05) is 25.1 Å². The number of sulfonamides is 1. The molecule has 0 unspecified atom stereocenters. The molecule has 10 nitrogen and oxygen atoms in total. The number of aryl methyl sites for hydroxylation is 1. The van der Waals surface area contributed by atoms with Crippen LogP contribution in [-0.2, 0) is 32.5 Å². The first-order chi connectivity index (χ1) is 20.5. The van der Waals surface area contributed by atoms with Gasteiger partial charge in [-0.1, -0.05) is 36.7 Å². The second-order valence-corrected chi connectivity index (χ2v) is 12.8. The Bertz CT molecular complexity index is 1630. The molecule has 2 aliphatic rings. The van der Waals surface area contributed by atoms with Gasteiger partial charge in [-0.25, -0.2) is 27.2 Å². The van der Waals surface area contributed by atoms with E-state index in [1.165, 1.54) is 31.3 Å². The monoisotopic (exact) mass is 635 g/mol. The number of fused-ring (bicyclic) bond motifs is 1. The standard InChI is InChI=1S/C29H32ClF2N5O5S/c1-3-17-8-20(10-21(31)9-17)25(14-38)34-28(39)16(2)37-13-19-5-4-18(11-26(19)43(37,40)41)27-22(30)12-33-29(36-27)35-24-6-7-42-15-23(24)32/h4-5,8-12,16,23-25,38H,3,6-7,13-15H2,1-2H3,(H,34,39)(H,33,35,36)/t16-,23-,24-,25-/m1/s1. The van der Waals surface area contributed by atoms with E-state index >= 15 is 0 Å². The summed E-state index contributed by atoms with van der Waals surface area (Å²) in [5, 5.41) is 15.7. The van der Waals surface area contributed by atoms with Crippen molar-refractivity contribution >= 4 is 33.5 Å². The maximum Gasteiger partial charge on any atom is 0.244 e. The zero-order valence-electron chi connectivity index (χ0n) is 23.6. The number of ether oxygens (including phenoxy) is 1. The van der Waals surface area contributed by atoms with Crippen LogP contribution in [0.2, 0.25) is 5.02 Å². The van der Waals surface area contributed by atoms with Crippen molar-refractivity contribution in [1.29, 1.82) is 0 Å². The highest BCUT2D eigenvalue weighted by Gasteiger charge is 2.41. The summed E-state index contributed by atoms with van der Waals surface area (Å²) in [5.74, 6) is -0.996. The lowest BCUT2D eigenvalue weighted by Crippen LogP contribution is -2.46. The molecule has 1 fully saturated rings. The van der Waals surface area contributed by atoms with Crippen LogP contribution in [0.15, 0.2) is 47.5 Å². The first-order valence-corrected chi connectivity index (χ1v) is 15.7. The van der Waals surface area contributed by atoms with Crippen molar-refractivity contribution in [1.82, 2.24) is 19.6 Å². The SMILES string of the molecule is CCc1cc(F)cc([C@@H](CO)NC(=O)[C@@H](C)N2Cc3ccc(-c4nc(N[C@@H]5CCOC[C@H]5F)ncc4Cl)cc3S2(=O)=O)c1. The minimum absolute atomic E-state index is 0.00137. The summed E-state index contributed by atoms with van der Waals surface area (Å²) in [5.41, 5.74) is 2.22. The van der Waals surface area contributed by atoms with Gasteiger partial charge in [0.15, 0.2) is 0 Å². The van der Waals surface area contributed by atoms with Crippen LogP contribution < -0.4 is 10.6 Å².